The number of hydrogen-bond acceptors (Lipinski definition) is 6. The summed E-state index contributed by atoms with van der Waals surface area (Å²) in [5, 5.41) is 20.5. The fraction of sp³-hybridized carbons (Fsp3) is 0.200. The van der Waals surface area contributed by atoms with Gasteiger partial charge in [-0.25, -0.2) is 4.98 Å². The van der Waals surface area contributed by atoms with E-state index in [0.29, 0.717) is 40.8 Å². The maximum atomic E-state index is 11.7. The van der Waals surface area contributed by atoms with E-state index in [-0.39, 0.29) is 5.91 Å². The number of thiazole rings is 1. The van der Waals surface area contributed by atoms with Crippen molar-refractivity contribution in [1.29, 1.82) is 10.5 Å². The third-order valence-corrected chi connectivity index (χ3v) is 3.46. The molecule has 0 aliphatic carbocycles. The van der Waals surface area contributed by atoms with Crippen molar-refractivity contribution in [3.63, 3.8) is 0 Å². The first-order valence-electron chi connectivity index (χ1n) is 6.50. The average molecular weight is 312 g/mol. The van der Waals surface area contributed by atoms with Gasteiger partial charge in [0.1, 0.15) is 16.7 Å². The Labute approximate surface area is 131 Å². The lowest BCUT2D eigenvalue weighted by atomic mass is 10.2. The van der Waals surface area contributed by atoms with Gasteiger partial charge < -0.3 is 10.1 Å². The van der Waals surface area contributed by atoms with Crippen LogP contribution in [0.25, 0.3) is 0 Å². The van der Waals surface area contributed by atoms with E-state index in [2.05, 4.69) is 10.3 Å². The Morgan fingerprint density at radius 1 is 1.36 bits per heavy atom. The zero-order valence-electron chi connectivity index (χ0n) is 11.6. The van der Waals surface area contributed by atoms with Gasteiger partial charge in [0.15, 0.2) is 5.13 Å². The lowest BCUT2D eigenvalue weighted by molar-refractivity contribution is -0.116. The van der Waals surface area contributed by atoms with Crippen LogP contribution in [0.3, 0.4) is 0 Å². The maximum Gasteiger partial charge on any atom is 0.226 e. The van der Waals surface area contributed by atoms with Gasteiger partial charge in [-0.3, -0.25) is 4.79 Å². The molecule has 0 atom stereocenters. The lowest BCUT2D eigenvalue weighted by Gasteiger charge is -2.06. The van der Waals surface area contributed by atoms with Crippen molar-refractivity contribution in [2.45, 2.75) is 12.8 Å². The first-order chi connectivity index (χ1) is 10.7. The molecule has 110 valence electrons. The molecule has 0 spiro atoms. The fourth-order valence-corrected chi connectivity index (χ4v) is 2.27. The number of hydrogen-bond donors (Lipinski definition) is 1. The number of carbonyl (C=O) groups excluding carboxylic acids is 1. The summed E-state index contributed by atoms with van der Waals surface area (Å²) in [4.78, 5) is 16.1. The Morgan fingerprint density at radius 2 is 2.23 bits per heavy atom. The zero-order valence-corrected chi connectivity index (χ0v) is 12.4. The molecular weight excluding hydrogens is 300 g/mol. The second-order valence-corrected chi connectivity index (χ2v) is 5.31. The molecule has 1 amide bonds. The molecule has 6 nitrogen and oxygen atoms in total. The molecule has 2 aromatic rings. The smallest absolute Gasteiger partial charge is 0.226 e. The predicted molar refractivity (Wildman–Crippen MR) is 81.3 cm³/mol. The van der Waals surface area contributed by atoms with E-state index < -0.39 is 0 Å². The molecule has 0 bridgehead atoms. The van der Waals surface area contributed by atoms with Crippen LogP contribution in [0, 0.1) is 22.7 Å². The summed E-state index contributed by atoms with van der Waals surface area (Å²) < 4.78 is 5.48. The molecule has 1 N–H and O–H groups in total. The Hall–Kier alpha value is -2.90. The van der Waals surface area contributed by atoms with Crippen LogP contribution in [0.4, 0.5) is 5.13 Å². The summed E-state index contributed by atoms with van der Waals surface area (Å²) in [5.74, 6) is 0.436. The predicted octanol–water partition coefficient (Wildman–Crippen LogP) is 2.68. The van der Waals surface area contributed by atoms with Crippen molar-refractivity contribution >= 4 is 22.4 Å². The number of benzene rings is 1. The highest BCUT2D eigenvalue weighted by Crippen LogP contribution is 2.17. The van der Waals surface area contributed by atoms with Gasteiger partial charge in [0.25, 0.3) is 0 Å². The van der Waals surface area contributed by atoms with Gasteiger partial charge in [-0.2, -0.15) is 10.5 Å². The first kappa shape index (κ1) is 15.5. The summed E-state index contributed by atoms with van der Waals surface area (Å²) in [6.45, 7) is 0.379. The monoisotopic (exact) mass is 312 g/mol. The van der Waals surface area contributed by atoms with Crippen LogP contribution < -0.4 is 10.1 Å². The highest BCUT2D eigenvalue weighted by molar-refractivity contribution is 7.16. The summed E-state index contributed by atoms with van der Waals surface area (Å²) in [6.07, 6.45) is 2.25. The summed E-state index contributed by atoms with van der Waals surface area (Å²) in [6, 6.07) is 10.9. The largest absolute Gasteiger partial charge is 0.494 e. The summed E-state index contributed by atoms with van der Waals surface area (Å²) >= 11 is 1.14. The van der Waals surface area contributed by atoms with Crippen LogP contribution >= 0.6 is 11.3 Å². The van der Waals surface area contributed by atoms with Crippen molar-refractivity contribution in [2.75, 3.05) is 11.9 Å². The van der Waals surface area contributed by atoms with E-state index in [1.165, 1.54) is 6.20 Å². The summed E-state index contributed by atoms with van der Waals surface area (Å²) in [7, 11) is 0. The molecule has 0 unspecified atom stereocenters. The van der Waals surface area contributed by atoms with Crippen LogP contribution in [-0.2, 0) is 4.79 Å². The van der Waals surface area contributed by atoms with Gasteiger partial charge in [0.05, 0.1) is 24.4 Å². The van der Waals surface area contributed by atoms with E-state index in [1.807, 2.05) is 12.1 Å². The van der Waals surface area contributed by atoms with Crippen molar-refractivity contribution in [3.05, 3.63) is 40.9 Å². The molecular formula is C15H12N4O2S. The van der Waals surface area contributed by atoms with Crippen LogP contribution in [0.1, 0.15) is 23.3 Å². The fourth-order valence-electron chi connectivity index (χ4n) is 1.64. The Balaban J connectivity index is 1.71. The standard InChI is InChI=1S/C15H12N4O2S/c16-8-11-3-1-4-12(7-11)21-6-2-5-14(20)19-15-18-10-13(9-17)22-15/h1,3-4,7,10H,2,5-6H2,(H,18,19,20). The second-order valence-electron chi connectivity index (χ2n) is 4.28. The van der Waals surface area contributed by atoms with Gasteiger partial charge in [-0.15, -0.1) is 0 Å². The van der Waals surface area contributed by atoms with Gasteiger partial charge in [0, 0.05) is 6.42 Å². The highest BCUT2D eigenvalue weighted by Gasteiger charge is 2.06. The number of carbonyl (C=O) groups is 1. The average Bonchev–Trinajstić information content (AvgIpc) is 2.99. The van der Waals surface area contributed by atoms with Gasteiger partial charge in [-0.1, -0.05) is 17.4 Å². The van der Waals surface area contributed by atoms with E-state index in [0.717, 1.165) is 11.3 Å². The SMILES string of the molecule is N#Cc1cccc(OCCCC(=O)Nc2ncc(C#N)s2)c1. The van der Waals surface area contributed by atoms with Crippen molar-refractivity contribution in [3.8, 4) is 17.9 Å². The van der Waals surface area contributed by atoms with Gasteiger partial charge in [-0.05, 0) is 24.6 Å². The van der Waals surface area contributed by atoms with Gasteiger partial charge >= 0.3 is 0 Å². The summed E-state index contributed by atoms with van der Waals surface area (Å²) in [5.41, 5.74) is 0.535. The Morgan fingerprint density at radius 3 is 2.95 bits per heavy atom. The zero-order chi connectivity index (χ0) is 15.8. The van der Waals surface area contributed by atoms with Crippen LogP contribution in [0.5, 0.6) is 5.75 Å². The molecule has 2 rings (SSSR count). The molecule has 1 aromatic carbocycles. The molecule has 1 aromatic heterocycles. The second kappa shape index (κ2) is 7.77. The number of aromatic nitrogens is 1. The Bertz CT molecular complexity index is 742. The molecule has 0 aliphatic heterocycles. The van der Waals surface area contributed by atoms with Crippen molar-refractivity contribution in [2.24, 2.45) is 0 Å². The highest BCUT2D eigenvalue weighted by atomic mass is 32.1. The minimum Gasteiger partial charge on any atom is -0.494 e. The topological polar surface area (TPSA) is 98.8 Å². The minimum absolute atomic E-state index is 0.173. The first-order valence-corrected chi connectivity index (χ1v) is 7.31. The van der Waals surface area contributed by atoms with E-state index in [1.54, 1.807) is 24.3 Å². The molecule has 7 heteroatoms. The third kappa shape index (κ3) is 4.58. The van der Waals surface area contributed by atoms with Crippen molar-refractivity contribution in [1.82, 2.24) is 4.98 Å². The van der Waals surface area contributed by atoms with Gasteiger partial charge in [0.2, 0.25) is 5.91 Å². The Kier molecular flexibility index (Phi) is 5.47. The number of nitriles is 2. The molecule has 0 fully saturated rings. The molecule has 0 saturated carbocycles. The van der Waals surface area contributed by atoms with E-state index >= 15 is 0 Å². The number of amides is 1. The molecule has 0 radical (unpaired) electrons. The third-order valence-electron chi connectivity index (χ3n) is 2.64. The molecule has 0 saturated heterocycles. The van der Waals surface area contributed by atoms with Crippen LogP contribution in [-0.4, -0.2) is 17.5 Å². The number of rotatable bonds is 6. The number of nitrogens with zero attached hydrogens (tertiary/aromatic N) is 3. The molecule has 1 heterocycles. The number of anilines is 1. The molecule has 22 heavy (non-hydrogen) atoms. The van der Waals surface area contributed by atoms with Crippen LogP contribution in [0.15, 0.2) is 30.5 Å². The van der Waals surface area contributed by atoms with E-state index in [9.17, 15) is 4.79 Å². The maximum absolute atomic E-state index is 11.7. The van der Waals surface area contributed by atoms with Crippen LogP contribution in [0.2, 0.25) is 0 Å². The lowest BCUT2D eigenvalue weighted by Crippen LogP contribution is -2.12. The minimum atomic E-state index is -0.173. The quantitative estimate of drug-likeness (QED) is 0.827. The van der Waals surface area contributed by atoms with Crippen molar-refractivity contribution < 1.29 is 9.53 Å². The number of nitrogens with one attached hydrogen (secondary N) is 1. The molecule has 0 aliphatic rings. The van der Waals surface area contributed by atoms with E-state index in [4.69, 9.17) is 15.3 Å². The normalized spacial score (nSPS) is 9.55. The number of ether oxygens (including phenoxy) is 1.